The van der Waals surface area contributed by atoms with Gasteiger partial charge < -0.3 is 136 Å². The third-order valence-electron chi connectivity index (χ3n) is 15.7. The number of aliphatic hydroxyl groups is 1. The second kappa shape index (κ2) is 51.8. The van der Waals surface area contributed by atoms with Crippen LogP contribution in [0.1, 0.15) is 152 Å². The maximum Gasteiger partial charge on any atom is 0.326 e. The minimum atomic E-state index is -1.92. The molecule has 0 unspecified atom stereocenters. The van der Waals surface area contributed by atoms with Crippen molar-refractivity contribution in [3.63, 3.8) is 0 Å². The Morgan fingerprint density at radius 1 is 0.296 bits per heavy atom. The fourth-order valence-electron chi connectivity index (χ4n) is 10.1. The van der Waals surface area contributed by atoms with Gasteiger partial charge in [-0.3, -0.25) is 92.7 Å². The zero-order chi connectivity index (χ0) is 82.8. The molecule has 45 heteroatoms. The van der Waals surface area contributed by atoms with Crippen molar-refractivity contribution in [1.29, 1.82) is 0 Å². The van der Waals surface area contributed by atoms with E-state index in [0.29, 0.717) is 0 Å². The Hall–Kier alpha value is -9.45. The number of carbonyl (C=O) groups is 17. The molecule has 0 aromatic carbocycles. The third-order valence-corrected chi connectivity index (χ3v) is 15.7. The first-order valence-electron chi connectivity index (χ1n) is 35.3. The van der Waals surface area contributed by atoms with Crippen LogP contribution in [0.25, 0.3) is 0 Å². The fourth-order valence-corrected chi connectivity index (χ4v) is 10.1. The van der Waals surface area contributed by atoms with Crippen LogP contribution in [0.5, 0.6) is 0 Å². The van der Waals surface area contributed by atoms with E-state index in [-0.39, 0.29) is 89.3 Å². The molecule has 0 rings (SSSR count). The van der Waals surface area contributed by atoms with Crippen LogP contribution in [0.4, 0.5) is 0 Å². The van der Waals surface area contributed by atoms with Gasteiger partial charge in [0.15, 0.2) is 0 Å². The van der Waals surface area contributed by atoms with E-state index < -0.39 is 249 Å². The van der Waals surface area contributed by atoms with E-state index in [2.05, 4.69) is 79.8 Å². The summed E-state index contributed by atoms with van der Waals surface area (Å²) < 4.78 is 0. The Morgan fingerprint density at radius 2 is 0.583 bits per heavy atom. The molecular formula is C63H118N24O21. The SMILES string of the molecule is CC(C)C[C@H](NC(=O)[C@H](C)NC(=O)[C@H](C)NC(=O)[C@H](CC(C)C)NC(=O)[C@H](CCCNC(N)N)NC(=O)[C@H](CCCNC(N)N)NC(=O)[C@H](CO)NC(=O)[C@H](CC(C)C)NC(=O)[C@H](CCC(N)=O)NC(=O)[C@H](CC(=O)O)NC(=O)[C@@H](N)CCC(=O)O)C(=O)N[C@@H](CCCNC(N)N)C(=O)N[C@@H](CC(N)=O)C(=O)O. The molecule has 0 aromatic rings. The number of carbonyl (C=O) groups excluding carboxylic acids is 14. The highest BCUT2D eigenvalue weighted by atomic mass is 16.4. The molecule has 0 fully saturated rings. The Morgan fingerprint density at radius 3 is 0.907 bits per heavy atom. The zero-order valence-electron chi connectivity index (χ0n) is 62.3. The minimum absolute atomic E-state index is 0.0128. The molecule has 0 heterocycles. The van der Waals surface area contributed by atoms with Gasteiger partial charge in [-0.2, -0.15) is 0 Å². The van der Waals surface area contributed by atoms with E-state index in [0.717, 1.165) is 0 Å². The summed E-state index contributed by atoms with van der Waals surface area (Å²) >= 11 is 0. The Bertz CT molecular complexity index is 3000. The molecule has 108 heavy (non-hydrogen) atoms. The summed E-state index contributed by atoms with van der Waals surface area (Å²) in [5.41, 5.74) is 50.0. The van der Waals surface area contributed by atoms with Crippen LogP contribution in [0, 0.1) is 17.8 Å². The molecule has 13 atom stereocenters. The summed E-state index contributed by atoms with van der Waals surface area (Å²) in [6, 6.07) is -20.6. The van der Waals surface area contributed by atoms with Gasteiger partial charge in [0, 0.05) is 12.8 Å². The Kier molecular flexibility index (Phi) is 47.2. The van der Waals surface area contributed by atoms with E-state index in [1.165, 1.54) is 13.8 Å². The number of rotatable bonds is 57. The summed E-state index contributed by atoms with van der Waals surface area (Å²) in [5, 5.41) is 75.9. The second-order valence-electron chi connectivity index (χ2n) is 27.2. The molecule has 0 saturated carbocycles. The van der Waals surface area contributed by atoms with Gasteiger partial charge in [-0.15, -0.1) is 0 Å². The number of primary amides is 2. The number of carboxylic acids is 3. The van der Waals surface area contributed by atoms with Gasteiger partial charge >= 0.3 is 17.9 Å². The zero-order valence-corrected chi connectivity index (χ0v) is 62.3. The van der Waals surface area contributed by atoms with Gasteiger partial charge in [-0.25, -0.2) is 4.79 Å². The maximum absolute atomic E-state index is 14.5. The van der Waals surface area contributed by atoms with Gasteiger partial charge in [-0.05, 0) is 122 Å². The van der Waals surface area contributed by atoms with Crippen LogP contribution in [0.3, 0.4) is 0 Å². The average molecular weight is 1550 g/mol. The Balaban J connectivity index is 6.96. The van der Waals surface area contributed by atoms with Gasteiger partial charge in [0.25, 0.3) is 0 Å². The number of nitrogens with one attached hydrogen (secondary N) is 15. The molecule has 0 aliphatic carbocycles. The van der Waals surface area contributed by atoms with E-state index in [4.69, 9.17) is 56.7 Å². The number of amides is 14. The molecule has 0 saturated heterocycles. The molecular weight excluding hydrogens is 1430 g/mol. The highest BCUT2D eigenvalue weighted by Gasteiger charge is 2.38. The number of nitrogens with two attached hydrogens (primary N) is 9. The summed E-state index contributed by atoms with van der Waals surface area (Å²) in [4.78, 5) is 225. The maximum atomic E-state index is 14.5. The average Bonchev–Trinajstić information content (AvgIpc) is 0.873. The van der Waals surface area contributed by atoms with E-state index in [9.17, 15) is 96.8 Å². The normalized spacial score (nSPS) is 15.0. The quantitative estimate of drug-likeness (QED) is 0.0199. The molecule has 0 aliphatic heterocycles. The highest BCUT2D eigenvalue weighted by Crippen LogP contribution is 2.13. The number of hydrogen-bond acceptors (Lipinski definition) is 28. The summed E-state index contributed by atoms with van der Waals surface area (Å²) in [6.07, 6.45) is -7.41. The highest BCUT2D eigenvalue weighted by molar-refractivity contribution is 6.00. The standard InChI is InChI=1S/C63H118N24O21/c1-28(2)22-38(55(102)77-31(7)48(95)76-32(8)49(96)82-39(23-29(3)4)56(103)79-36(14-11-21-75-63(71)72)53(100)86-42(60(107)108)25-45(66)90)84-52(99)35(13-10-20-74-62(69)70)78-51(98)34(12-9-19-73-61(67)68)80-59(106)43(27-88)87-57(104)40(24-30(5)6)85-54(101)37(16-17-44(65)89)81-58(105)41(26-47(93)94)83-50(97)33(64)15-18-46(91)92/h28-43,61-63,73-75,88H,9-27,64,67-72H2,1-8H3,(H2,65,89)(H2,66,90)(H,76,95)(H,77,102)(H,78,98)(H,79,103)(H,80,106)(H,81,105)(H,82,96)(H,83,97)(H,84,99)(H,85,101)(H,86,100)(H,87,104)(H,91,92)(H,93,94)(H,107,108)/t31-,32-,33-,34-,35-,36-,37-,38-,39-,40-,41-,42-,43-/m0/s1. The van der Waals surface area contributed by atoms with E-state index in [1.807, 2.05) is 0 Å². The van der Waals surface area contributed by atoms with Crippen LogP contribution in [-0.4, -0.2) is 245 Å². The summed E-state index contributed by atoms with van der Waals surface area (Å²) in [5.74, 6) is -19.9. The molecule has 0 aliphatic rings. The number of carboxylic acid groups (broad SMARTS) is 3. The van der Waals surface area contributed by atoms with Gasteiger partial charge in [-0.1, -0.05) is 41.5 Å². The lowest BCUT2D eigenvalue weighted by Gasteiger charge is -2.28. The van der Waals surface area contributed by atoms with Crippen molar-refractivity contribution >= 4 is 101 Å². The minimum Gasteiger partial charge on any atom is -0.481 e. The van der Waals surface area contributed by atoms with Crippen molar-refractivity contribution < 1.29 is 102 Å². The fraction of sp³-hybridized carbons (Fsp3) is 0.730. The van der Waals surface area contributed by atoms with E-state index >= 15 is 0 Å². The molecule has 0 bridgehead atoms. The first-order chi connectivity index (χ1) is 50.3. The number of aliphatic carboxylic acids is 3. The molecule has 0 aromatic heterocycles. The number of aliphatic hydroxyl groups excluding tert-OH is 1. The first kappa shape index (κ1) is 98.6. The van der Waals surface area contributed by atoms with Crippen LogP contribution < -0.4 is 131 Å². The number of hydrogen-bond donors (Lipinski definition) is 28. The largest absolute Gasteiger partial charge is 0.481 e. The van der Waals surface area contributed by atoms with Gasteiger partial charge in [0.05, 0.1) is 25.5 Å². The molecule has 0 radical (unpaired) electrons. The van der Waals surface area contributed by atoms with Crippen molar-refractivity contribution in [2.24, 2.45) is 69.4 Å². The lowest BCUT2D eigenvalue weighted by Crippen LogP contribution is -2.61. The lowest BCUT2D eigenvalue weighted by atomic mass is 10.0. The monoisotopic (exact) mass is 1550 g/mol. The predicted octanol–water partition coefficient (Wildman–Crippen LogP) is -11.4. The lowest BCUT2D eigenvalue weighted by molar-refractivity contribution is -0.144. The smallest absolute Gasteiger partial charge is 0.326 e. The third kappa shape index (κ3) is 42.8. The van der Waals surface area contributed by atoms with Crippen LogP contribution in [0.15, 0.2) is 0 Å². The van der Waals surface area contributed by atoms with Crippen molar-refractivity contribution in [3.8, 4) is 0 Å². The topological polar surface area (TPSA) is 786 Å². The summed E-state index contributed by atoms with van der Waals surface area (Å²) in [6.45, 7) is 11.8. The summed E-state index contributed by atoms with van der Waals surface area (Å²) in [7, 11) is 0. The van der Waals surface area contributed by atoms with Crippen LogP contribution in [-0.2, 0) is 81.5 Å². The van der Waals surface area contributed by atoms with Crippen LogP contribution >= 0.6 is 0 Å². The molecule has 45 nitrogen and oxygen atoms in total. The molecule has 616 valence electrons. The molecule has 14 amide bonds. The Labute approximate surface area is 625 Å². The van der Waals surface area contributed by atoms with Gasteiger partial charge in [0.1, 0.15) is 91.4 Å². The predicted molar refractivity (Wildman–Crippen MR) is 385 cm³/mol. The molecule has 0 spiro atoms. The molecule has 37 N–H and O–H groups in total. The van der Waals surface area contributed by atoms with Crippen LogP contribution in [0.2, 0.25) is 0 Å². The van der Waals surface area contributed by atoms with Crippen molar-refractivity contribution in [1.82, 2.24) is 79.8 Å². The van der Waals surface area contributed by atoms with Crippen molar-refractivity contribution in [3.05, 3.63) is 0 Å². The second-order valence-corrected chi connectivity index (χ2v) is 27.2. The first-order valence-corrected chi connectivity index (χ1v) is 35.3. The van der Waals surface area contributed by atoms with Crippen molar-refractivity contribution in [2.45, 2.75) is 249 Å². The van der Waals surface area contributed by atoms with Gasteiger partial charge in [0.2, 0.25) is 82.7 Å². The van der Waals surface area contributed by atoms with Crippen molar-refractivity contribution in [2.75, 3.05) is 26.2 Å². The van der Waals surface area contributed by atoms with E-state index in [1.54, 1.807) is 41.5 Å².